The molecule has 0 bridgehead atoms. The molecule has 0 aliphatic heterocycles. The quantitative estimate of drug-likeness (QED) is 0.841. The summed E-state index contributed by atoms with van der Waals surface area (Å²) in [7, 11) is 0. The maximum atomic E-state index is 12.2. The predicted molar refractivity (Wildman–Crippen MR) is 48.8 cm³/mol. The molecule has 1 aromatic carbocycles. The maximum absolute atomic E-state index is 12.2. The summed E-state index contributed by atoms with van der Waals surface area (Å²) in [6.45, 7) is -1.73. The van der Waals surface area contributed by atoms with Crippen LogP contribution in [-0.2, 0) is 0 Å². The number of hydrogen-bond acceptors (Lipinski definition) is 2. The molecule has 0 unspecified atom stereocenters. The molecular weight excluding hydrogens is 247 g/mol. The van der Waals surface area contributed by atoms with E-state index in [0.29, 0.717) is 0 Å². The third-order valence-electron chi connectivity index (χ3n) is 2.05. The van der Waals surface area contributed by atoms with Gasteiger partial charge in [0.15, 0.2) is 6.10 Å². The maximum Gasteiger partial charge on any atom is 0.418 e. The summed E-state index contributed by atoms with van der Waals surface area (Å²) in [4.78, 5) is 0. The van der Waals surface area contributed by atoms with Crippen LogP contribution in [0, 0.1) is 6.92 Å². The molecular formula is C10H9F5O2. The first-order chi connectivity index (χ1) is 7.71. The summed E-state index contributed by atoms with van der Waals surface area (Å²) in [6.07, 6.45) is -7.57. The second-order valence-corrected chi connectivity index (χ2v) is 3.35. The second kappa shape index (κ2) is 4.87. The van der Waals surface area contributed by atoms with Crippen molar-refractivity contribution in [3.8, 4) is 5.75 Å². The summed E-state index contributed by atoms with van der Waals surface area (Å²) in [6, 6.07) is 2.92. The predicted octanol–water partition coefficient (Wildman–Crippen LogP) is 3.19. The van der Waals surface area contributed by atoms with Crippen LogP contribution >= 0.6 is 0 Å². The smallest absolute Gasteiger partial charge is 0.418 e. The lowest BCUT2D eigenvalue weighted by Gasteiger charge is -2.16. The molecule has 1 N–H and O–H groups in total. The molecule has 0 aliphatic carbocycles. The Hall–Kier alpha value is -1.37. The number of hydrogen-bond donors (Lipinski definition) is 1. The summed E-state index contributed by atoms with van der Waals surface area (Å²) >= 11 is 0. The highest BCUT2D eigenvalue weighted by Gasteiger charge is 2.39. The van der Waals surface area contributed by atoms with E-state index in [2.05, 4.69) is 4.74 Å². The van der Waals surface area contributed by atoms with Gasteiger partial charge in [0.05, 0.1) is 0 Å². The highest BCUT2D eigenvalue weighted by Crippen LogP contribution is 2.34. The number of alkyl halides is 5. The minimum atomic E-state index is -4.85. The van der Waals surface area contributed by atoms with Crippen molar-refractivity contribution in [3.63, 3.8) is 0 Å². The van der Waals surface area contributed by atoms with Gasteiger partial charge in [0.2, 0.25) is 0 Å². The van der Waals surface area contributed by atoms with E-state index in [9.17, 15) is 22.0 Å². The Balaban J connectivity index is 3.04. The van der Waals surface area contributed by atoms with Crippen molar-refractivity contribution in [2.45, 2.75) is 25.8 Å². The first-order valence-electron chi connectivity index (χ1n) is 4.52. The van der Waals surface area contributed by atoms with Crippen LogP contribution in [0.1, 0.15) is 17.2 Å². The van der Waals surface area contributed by atoms with Crippen LogP contribution in [0.5, 0.6) is 5.75 Å². The SMILES string of the molecule is Cc1ccc([C@@H](O)C(F)(F)F)cc1OC(F)F. The molecule has 96 valence electrons. The fourth-order valence-corrected chi connectivity index (χ4v) is 1.20. The Bertz CT molecular complexity index is 389. The minimum Gasteiger partial charge on any atom is -0.435 e. The lowest BCUT2D eigenvalue weighted by atomic mass is 10.1. The molecule has 0 radical (unpaired) electrons. The molecule has 0 saturated carbocycles. The van der Waals surface area contributed by atoms with Gasteiger partial charge in [0.25, 0.3) is 0 Å². The first-order valence-corrected chi connectivity index (χ1v) is 4.52. The number of aliphatic hydroxyl groups is 1. The molecule has 0 aliphatic rings. The largest absolute Gasteiger partial charge is 0.435 e. The molecule has 0 fully saturated rings. The van der Waals surface area contributed by atoms with E-state index in [-0.39, 0.29) is 11.3 Å². The molecule has 0 saturated heterocycles. The van der Waals surface area contributed by atoms with Gasteiger partial charge in [0.1, 0.15) is 5.75 Å². The van der Waals surface area contributed by atoms with Crippen LogP contribution in [0.2, 0.25) is 0 Å². The van der Waals surface area contributed by atoms with Gasteiger partial charge >= 0.3 is 12.8 Å². The van der Waals surface area contributed by atoms with Crippen LogP contribution in [-0.4, -0.2) is 17.9 Å². The van der Waals surface area contributed by atoms with Gasteiger partial charge < -0.3 is 9.84 Å². The number of ether oxygens (including phenoxy) is 1. The van der Waals surface area contributed by atoms with E-state index >= 15 is 0 Å². The number of benzene rings is 1. The topological polar surface area (TPSA) is 29.5 Å². The molecule has 1 aromatic rings. The fourth-order valence-electron chi connectivity index (χ4n) is 1.20. The Labute approximate surface area is 93.6 Å². The van der Waals surface area contributed by atoms with Gasteiger partial charge in [-0.3, -0.25) is 0 Å². The van der Waals surface area contributed by atoms with Crippen LogP contribution in [0.4, 0.5) is 22.0 Å². The van der Waals surface area contributed by atoms with Crippen LogP contribution in [0.3, 0.4) is 0 Å². The van der Waals surface area contributed by atoms with Crippen LogP contribution < -0.4 is 4.74 Å². The normalized spacial score (nSPS) is 13.9. The van der Waals surface area contributed by atoms with Gasteiger partial charge in [-0.25, -0.2) is 0 Å². The Morgan fingerprint density at radius 3 is 2.29 bits per heavy atom. The fraction of sp³-hybridized carbons (Fsp3) is 0.400. The van der Waals surface area contributed by atoms with Crippen molar-refractivity contribution in [3.05, 3.63) is 29.3 Å². The van der Waals surface area contributed by atoms with Crippen molar-refractivity contribution in [1.82, 2.24) is 0 Å². The van der Waals surface area contributed by atoms with E-state index < -0.39 is 24.5 Å². The number of aryl methyl sites for hydroxylation is 1. The van der Waals surface area contributed by atoms with Gasteiger partial charge in [-0.1, -0.05) is 12.1 Å². The zero-order valence-corrected chi connectivity index (χ0v) is 8.63. The number of halogens is 5. The van der Waals surface area contributed by atoms with Crippen LogP contribution in [0.15, 0.2) is 18.2 Å². The molecule has 0 amide bonds. The highest BCUT2D eigenvalue weighted by molar-refractivity contribution is 5.37. The lowest BCUT2D eigenvalue weighted by molar-refractivity contribution is -0.206. The van der Waals surface area contributed by atoms with Crippen LogP contribution in [0.25, 0.3) is 0 Å². The molecule has 1 atom stereocenters. The summed E-state index contributed by atoms with van der Waals surface area (Å²) in [5.74, 6) is -0.388. The summed E-state index contributed by atoms with van der Waals surface area (Å²) in [5.41, 5.74) is -0.290. The minimum absolute atomic E-state index is 0.253. The Morgan fingerprint density at radius 1 is 1.24 bits per heavy atom. The van der Waals surface area contributed by atoms with E-state index in [4.69, 9.17) is 5.11 Å². The van der Waals surface area contributed by atoms with Gasteiger partial charge in [-0.2, -0.15) is 22.0 Å². The van der Waals surface area contributed by atoms with Crippen molar-refractivity contribution in [1.29, 1.82) is 0 Å². The van der Waals surface area contributed by atoms with Gasteiger partial charge in [0, 0.05) is 0 Å². The van der Waals surface area contributed by atoms with E-state index in [1.165, 1.54) is 13.0 Å². The average Bonchev–Trinajstić information content (AvgIpc) is 2.18. The van der Waals surface area contributed by atoms with Gasteiger partial charge in [-0.05, 0) is 24.1 Å². The number of rotatable bonds is 3. The second-order valence-electron chi connectivity index (χ2n) is 3.35. The lowest BCUT2D eigenvalue weighted by Crippen LogP contribution is -2.20. The van der Waals surface area contributed by atoms with Crippen molar-refractivity contribution in [2.24, 2.45) is 0 Å². The van der Waals surface area contributed by atoms with E-state index in [1.807, 2.05) is 0 Å². The van der Waals surface area contributed by atoms with Crippen molar-refractivity contribution >= 4 is 0 Å². The third-order valence-corrected chi connectivity index (χ3v) is 2.05. The monoisotopic (exact) mass is 256 g/mol. The third kappa shape index (κ3) is 3.55. The molecule has 1 rings (SSSR count). The molecule has 0 spiro atoms. The number of aliphatic hydroxyl groups excluding tert-OH is 1. The average molecular weight is 256 g/mol. The van der Waals surface area contributed by atoms with Crippen molar-refractivity contribution < 1.29 is 31.8 Å². The molecule has 17 heavy (non-hydrogen) atoms. The summed E-state index contributed by atoms with van der Waals surface area (Å²) in [5, 5.41) is 8.94. The zero-order valence-electron chi connectivity index (χ0n) is 8.63. The first kappa shape index (κ1) is 13.7. The van der Waals surface area contributed by atoms with Crippen molar-refractivity contribution in [2.75, 3.05) is 0 Å². The molecule has 0 heterocycles. The standard InChI is InChI=1S/C10H9F5O2/c1-5-2-3-6(8(16)10(13,14)15)4-7(5)17-9(11)12/h2-4,8-9,16H,1H3/t8-/m1/s1. The summed E-state index contributed by atoms with van der Waals surface area (Å²) < 4.78 is 64.5. The highest BCUT2D eigenvalue weighted by atomic mass is 19.4. The van der Waals surface area contributed by atoms with E-state index in [0.717, 1.165) is 12.1 Å². The molecule has 7 heteroatoms. The molecule has 0 aromatic heterocycles. The zero-order chi connectivity index (χ0) is 13.2. The van der Waals surface area contributed by atoms with Gasteiger partial charge in [-0.15, -0.1) is 0 Å². The van der Waals surface area contributed by atoms with E-state index in [1.54, 1.807) is 0 Å². The molecule has 2 nitrogen and oxygen atoms in total. The Kier molecular flexibility index (Phi) is 3.92. The Morgan fingerprint density at radius 2 is 1.82 bits per heavy atom.